The molecule has 5 aromatic rings. The molecule has 334 valence electrons. The van der Waals surface area contributed by atoms with Gasteiger partial charge in [0.1, 0.15) is 16.7 Å². The molecule has 0 spiro atoms. The summed E-state index contributed by atoms with van der Waals surface area (Å²) < 4.78 is 4.73. The van der Waals surface area contributed by atoms with Gasteiger partial charge in [-0.2, -0.15) is 0 Å². The summed E-state index contributed by atoms with van der Waals surface area (Å²) in [5, 5.41) is 42.0. The Morgan fingerprint density at radius 2 is 0.894 bits per heavy atom. The average Bonchev–Trinajstić information content (AvgIpc) is 3.26. The van der Waals surface area contributed by atoms with Crippen molar-refractivity contribution in [3.05, 3.63) is 183 Å². The maximum Gasteiger partial charge on any atom is 0.423 e. The number of nitrogens with zero attached hydrogens (tertiary/aromatic N) is 7. The predicted molar refractivity (Wildman–Crippen MR) is 213 cm³/mol. The SMILES string of the molecule is O=C(O[N+](=O)c1cc([N+](=O)O)ccc1C(=O)O[N+](=O)c1cc([N+](=O)[O-])cc(C(=O)OC(=O)c2cc([N+](=O)OC(=O)c3cc(Cl)ccc3Cl)ccc2Cl)c1Cl)c1cc([N+](=O)[O-])cc([N+](=O)[O-])c1. The number of esters is 2. The van der Waals surface area contributed by atoms with Crippen molar-refractivity contribution in [2.45, 2.75) is 0 Å². The van der Waals surface area contributed by atoms with Gasteiger partial charge in [-0.1, -0.05) is 46.4 Å². The van der Waals surface area contributed by atoms with Crippen LogP contribution in [-0.2, 0) is 19.2 Å². The molecule has 31 heteroatoms. The van der Waals surface area contributed by atoms with Crippen molar-refractivity contribution in [2.75, 3.05) is 0 Å². The number of carbonyl (C=O) groups excluding carboxylic acids is 5. The third kappa shape index (κ3) is 10.9. The predicted octanol–water partition coefficient (Wildman–Crippen LogP) is 8.37. The smallest absolute Gasteiger partial charge is 0.386 e. The fourth-order valence-corrected chi connectivity index (χ4v) is 5.84. The fraction of sp³-hybridized carbons (Fsp3) is 0. The molecule has 0 heterocycles. The van der Waals surface area contributed by atoms with E-state index in [9.17, 15) is 79.2 Å². The van der Waals surface area contributed by atoms with Crippen LogP contribution in [0, 0.1) is 50.0 Å². The summed E-state index contributed by atoms with van der Waals surface area (Å²) in [6, 6.07) is 9.99. The third-order valence-electron chi connectivity index (χ3n) is 8.06. The standard InChI is InChI=1S/C35H15Cl4N7O20/c36-16-1-5-26(37)23(9-16)35(51)65-44(60)18-3-6-27(38)24(11-18)32(48)63-33(49)25-12-21(43(58)59)14-29(30(25)39)46(62)66-34(50)22-4-2-17(40(52)53)13-28(22)45(61)64-31(47)15-7-19(41(54)55)10-20(8-15)42(56)57/h1-14H,(H,52,53)/q+4. The largest absolute Gasteiger partial charge is 0.423 e. The summed E-state index contributed by atoms with van der Waals surface area (Å²) in [7, 11) is 0. The molecule has 0 saturated heterocycles. The number of hydrogen-bond donors (Lipinski definition) is 1. The molecule has 0 aliphatic heterocycles. The minimum absolute atomic E-state index is 0.0566. The van der Waals surface area contributed by atoms with Gasteiger partial charge in [0.2, 0.25) is 0 Å². The summed E-state index contributed by atoms with van der Waals surface area (Å²) in [5.74, 6) is -8.50. The first-order valence-corrected chi connectivity index (χ1v) is 18.3. The number of benzene rings is 5. The Labute approximate surface area is 380 Å². The molecule has 0 amide bonds. The molecule has 0 aromatic heterocycles. The van der Waals surface area contributed by atoms with Crippen LogP contribution in [0.2, 0.25) is 20.1 Å². The van der Waals surface area contributed by atoms with E-state index >= 15 is 0 Å². The maximum absolute atomic E-state index is 13.3. The van der Waals surface area contributed by atoms with Crippen LogP contribution >= 0.6 is 46.4 Å². The van der Waals surface area contributed by atoms with E-state index < -0.39 is 131 Å². The highest BCUT2D eigenvalue weighted by atomic mass is 35.5. The van der Waals surface area contributed by atoms with Gasteiger partial charge in [-0.3, -0.25) is 30.3 Å². The van der Waals surface area contributed by atoms with E-state index in [2.05, 4.69) is 9.68 Å². The highest BCUT2D eigenvalue weighted by Crippen LogP contribution is 2.36. The quantitative estimate of drug-likeness (QED) is 0.0445. The van der Waals surface area contributed by atoms with Gasteiger partial charge in [-0.05, 0) is 30.3 Å². The molecular weight excluding hydrogens is 980 g/mol. The Hall–Kier alpha value is -8.79. The van der Waals surface area contributed by atoms with Crippen molar-refractivity contribution in [1.82, 2.24) is 0 Å². The molecule has 0 aliphatic rings. The molecule has 5 aromatic carbocycles. The number of hydrogen-bond acceptors (Lipinski definition) is 19. The summed E-state index contributed by atoms with van der Waals surface area (Å²) in [6.45, 7) is 0. The minimum atomic E-state index is -1.92. The lowest BCUT2D eigenvalue weighted by Gasteiger charge is -2.06. The molecule has 66 heavy (non-hydrogen) atoms. The highest BCUT2D eigenvalue weighted by Gasteiger charge is 2.40. The van der Waals surface area contributed by atoms with Gasteiger partial charge in [0.05, 0.1) is 78.8 Å². The van der Waals surface area contributed by atoms with Crippen molar-refractivity contribution in [3.63, 3.8) is 0 Å². The van der Waals surface area contributed by atoms with Crippen LogP contribution in [0.3, 0.4) is 0 Å². The van der Waals surface area contributed by atoms with E-state index in [0.717, 1.165) is 18.2 Å². The zero-order valence-electron chi connectivity index (χ0n) is 31.4. The molecule has 0 saturated carbocycles. The second-order valence-electron chi connectivity index (χ2n) is 12.2. The van der Waals surface area contributed by atoms with Crippen LogP contribution in [0.25, 0.3) is 0 Å². The first-order chi connectivity index (χ1) is 31.0. The van der Waals surface area contributed by atoms with Crippen LogP contribution in [0.5, 0.6) is 0 Å². The molecular formula is C35H15Cl4N7O20+4. The van der Waals surface area contributed by atoms with Crippen LogP contribution in [0.4, 0.5) is 39.8 Å². The van der Waals surface area contributed by atoms with Crippen molar-refractivity contribution >= 4 is 116 Å². The zero-order chi connectivity index (χ0) is 48.9. The van der Waals surface area contributed by atoms with Crippen molar-refractivity contribution in [1.29, 1.82) is 0 Å². The zero-order valence-corrected chi connectivity index (χ0v) is 34.5. The van der Waals surface area contributed by atoms with Gasteiger partial charge in [0.25, 0.3) is 36.8 Å². The molecule has 5 rings (SSSR count). The highest BCUT2D eigenvalue weighted by molar-refractivity contribution is 6.37. The van der Waals surface area contributed by atoms with Gasteiger partial charge < -0.3 is 4.74 Å². The Morgan fingerprint density at radius 1 is 0.439 bits per heavy atom. The lowest BCUT2D eigenvalue weighted by atomic mass is 10.1. The number of carbonyl (C=O) groups is 5. The normalized spacial score (nSPS) is 10.5. The van der Waals surface area contributed by atoms with E-state index in [1.165, 1.54) is 12.1 Å². The Balaban J connectivity index is 1.40. The Kier molecular flexibility index (Phi) is 14.4. The van der Waals surface area contributed by atoms with E-state index in [-0.39, 0.29) is 20.5 Å². The average molecular weight is 995 g/mol. The van der Waals surface area contributed by atoms with Crippen LogP contribution < -0.4 is 0 Å². The van der Waals surface area contributed by atoms with E-state index in [4.69, 9.17) is 56.0 Å². The monoisotopic (exact) mass is 993 g/mol. The number of rotatable bonds is 15. The van der Waals surface area contributed by atoms with Crippen LogP contribution in [-0.4, -0.2) is 69.5 Å². The van der Waals surface area contributed by atoms with Crippen molar-refractivity contribution in [3.8, 4) is 0 Å². The number of non-ortho nitro benzene ring substituents is 3. The Morgan fingerprint density at radius 3 is 1.48 bits per heavy atom. The molecule has 0 unspecified atom stereocenters. The lowest BCUT2D eigenvalue weighted by Crippen LogP contribution is -2.18. The van der Waals surface area contributed by atoms with Crippen molar-refractivity contribution < 1.29 is 82.9 Å². The van der Waals surface area contributed by atoms with Crippen LogP contribution in [0.1, 0.15) is 51.8 Å². The van der Waals surface area contributed by atoms with Crippen LogP contribution in [0.15, 0.2) is 84.9 Å². The maximum atomic E-state index is 13.3. The first kappa shape index (κ1) is 48.2. The van der Waals surface area contributed by atoms with Crippen molar-refractivity contribution in [2.24, 2.45) is 0 Å². The second-order valence-corrected chi connectivity index (χ2v) is 13.8. The number of nitro groups is 3. The van der Waals surface area contributed by atoms with Gasteiger partial charge in [0.15, 0.2) is 0 Å². The lowest BCUT2D eigenvalue weighted by molar-refractivity contribution is -0.731. The number of nitro benzene ring substituents is 3. The Bertz CT molecular complexity index is 3040. The van der Waals surface area contributed by atoms with Gasteiger partial charge in [0, 0.05) is 41.4 Å². The van der Waals surface area contributed by atoms with E-state index in [1.54, 1.807) is 0 Å². The summed E-state index contributed by atoms with van der Waals surface area (Å²) in [5.41, 5.74) is -11.2. The minimum Gasteiger partial charge on any atom is -0.386 e. The van der Waals surface area contributed by atoms with Gasteiger partial charge in [-0.25, -0.2) is 29.2 Å². The van der Waals surface area contributed by atoms with Gasteiger partial charge in [-0.15, -0.1) is 14.5 Å². The topological polar surface area (TPSA) is 352 Å². The summed E-state index contributed by atoms with van der Waals surface area (Å²) in [6.07, 6.45) is 0. The molecule has 0 radical (unpaired) electrons. The van der Waals surface area contributed by atoms with E-state index in [0.29, 0.717) is 54.6 Å². The first-order valence-electron chi connectivity index (χ1n) is 16.8. The number of halogens is 4. The molecule has 0 bridgehead atoms. The third-order valence-corrected chi connectivity index (χ3v) is 9.35. The van der Waals surface area contributed by atoms with E-state index in [1.807, 2.05) is 0 Å². The molecule has 0 aliphatic carbocycles. The summed E-state index contributed by atoms with van der Waals surface area (Å²) >= 11 is 24.1. The fourth-order valence-electron chi connectivity index (χ4n) is 5.03. The molecule has 0 atom stereocenters. The number of ether oxygens (including phenoxy) is 1. The van der Waals surface area contributed by atoms with Gasteiger partial charge >= 0.3 is 52.6 Å². The second kappa shape index (κ2) is 19.7. The molecule has 27 nitrogen and oxygen atoms in total. The molecule has 0 fully saturated rings. The summed E-state index contributed by atoms with van der Waals surface area (Å²) in [4.78, 5) is 157. The molecule has 1 N–H and O–H groups in total.